The van der Waals surface area contributed by atoms with E-state index in [1.54, 1.807) is 0 Å². The summed E-state index contributed by atoms with van der Waals surface area (Å²) in [5, 5.41) is 4.47. The van der Waals surface area contributed by atoms with Crippen LogP contribution >= 0.6 is 0 Å². The molecular weight excluding hydrogens is 298 g/mol. The summed E-state index contributed by atoms with van der Waals surface area (Å²) >= 11 is 0. The molecule has 0 bridgehead atoms. The summed E-state index contributed by atoms with van der Waals surface area (Å²) in [5.41, 5.74) is 4.18. The molecule has 2 aromatic rings. The van der Waals surface area contributed by atoms with Crippen LogP contribution < -0.4 is 5.32 Å². The third kappa shape index (κ3) is 2.63. The number of amides is 1. The van der Waals surface area contributed by atoms with Crippen molar-refractivity contribution in [1.29, 1.82) is 0 Å². The summed E-state index contributed by atoms with van der Waals surface area (Å²) in [7, 11) is 2.23. The van der Waals surface area contributed by atoms with Gasteiger partial charge < -0.3 is 15.2 Å². The van der Waals surface area contributed by atoms with Crippen molar-refractivity contribution in [2.45, 2.75) is 44.6 Å². The molecule has 1 aliphatic carbocycles. The molecule has 0 spiro atoms. The molecule has 2 N–H and O–H groups in total. The van der Waals surface area contributed by atoms with Crippen LogP contribution in [0.4, 0.5) is 0 Å². The number of H-pyrrole nitrogens is 1. The number of nitrogens with one attached hydrogen (secondary N) is 2. The highest BCUT2D eigenvalue weighted by molar-refractivity contribution is 5.88. The minimum Gasteiger partial charge on any atom is -0.361 e. The van der Waals surface area contributed by atoms with Crippen LogP contribution in [0.3, 0.4) is 0 Å². The highest BCUT2D eigenvalue weighted by Gasteiger charge is 2.39. The topological polar surface area (TPSA) is 48.1 Å². The molecule has 1 unspecified atom stereocenters. The summed E-state index contributed by atoms with van der Waals surface area (Å²) < 4.78 is 0. The van der Waals surface area contributed by atoms with Gasteiger partial charge >= 0.3 is 0 Å². The van der Waals surface area contributed by atoms with Crippen LogP contribution in [0.2, 0.25) is 0 Å². The number of carbonyl (C=O) groups is 1. The average Bonchev–Trinajstić information content (AvgIpc) is 2.99. The number of nitrogens with zero attached hydrogens (tertiary/aromatic N) is 1. The van der Waals surface area contributed by atoms with Gasteiger partial charge in [0.05, 0.1) is 0 Å². The lowest BCUT2D eigenvalue weighted by Crippen LogP contribution is -2.48. The first kappa shape index (κ1) is 15.7. The molecule has 0 saturated carbocycles. The first-order valence-electron chi connectivity index (χ1n) is 9.23. The SMILES string of the molecule is CCCNC(=O)CC1C[C@H]2c3cccc4[nH]cc(c34)C[C@@H]2N(C)C1. The van der Waals surface area contributed by atoms with Gasteiger partial charge in [0.2, 0.25) is 5.91 Å². The molecule has 2 aliphatic rings. The lowest BCUT2D eigenvalue weighted by Gasteiger charge is -2.45. The predicted octanol–water partition coefficient (Wildman–Crippen LogP) is 3.04. The summed E-state index contributed by atoms with van der Waals surface area (Å²) in [6.45, 7) is 3.91. The maximum Gasteiger partial charge on any atom is 0.220 e. The van der Waals surface area contributed by atoms with Crippen LogP contribution in [-0.2, 0) is 11.2 Å². The Labute approximate surface area is 143 Å². The number of benzene rings is 1. The van der Waals surface area contributed by atoms with Crippen LogP contribution in [0.5, 0.6) is 0 Å². The fourth-order valence-electron chi connectivity index (χ4n) is 4.80. The summed E-state index contributed by atoms with van der Waals surface area (Å²) in [6.07, 6.45) is 6.08. The lowest BCUT2D eigenvalue weighted by atomic mass is 9.72. The van der Waals surface area contributed by atoms with Crippen LogP contribution in [0.15, 0.2) is 24.4 Å². The van der Waals surface area contributed by atoms with Crippen LogP contribution in [0, 0.1) is 5.92 Å². The highest BCUT2D eigenvalue weighted by Crippen LogP contribution is 2.44. The van der Waals surface area contributed by atoms with Gasteiger partial charge in [-0.3, -0.25) is 4.79 Å². The number of fused-ring (bicyclic) bond motifs is 2. The molecular formula is C20H27N3O. The number of hydrogen-bond donors (Lipinski definition) is 2. The number of likely N-dealkylation sites (tertiary alicyclic amines) is 1. The molecule has 1 aromatic heterocycles. The van der Waals surface area contributed by atoms with E-state index < -0.39 is 0 Å². The molecule has 128 valence electrons. The maximum absolute atomic E-state index is 12.1. The van der Waals surface area contributed by atoms with E-state index in [1.165, 1.54) is 22.0 Å². The van der Waals surface area contributed by atoms with Crippen molar-refractivity contribution < 1.29 is 4.79 Å². The van der Waals surface area contributed by atoms with Gasteiger partial charge in [0.15, 0.2) is 0 Å². The van der Waals surface area contributed by atoms with E-state index in [9.17, 15) is 4.79 Å². The highest BCUT2D eigenvalue weighted by atomic mass is 16.1. The molecule has 4 rings (SSSR count). The Morgan fingerprint density at radius 2 is 2.29 bits per heavy atom. The van der Waals surface area contributed by atoms with Crippen molar-refractivity contribution in [3.8, 4) is 0 Å². The van der Waals surface area contributed by atoms with E-state index in [4.69, 9.17) is 0 Å². The Balaban J connectivity index is 1.58. The van der Waals surface area contributed by atoms with Gasteiger partial charge in [-0.05, 0) is 49.4 Å². The zero-order valence-corrected chi connectivity index (χ0v) is 14.6. The monoisotopic (exact) mass is 325 g/mol. The summed E-state index contributed by atoms with van der Waals surface area (Å²) in [5.74, 6) is 1.20. The molecule has 1 fully saturated rings. The Morgan fingerprint density at radius 1 is 1.42 bits per heavy atom. The van der Waals surface area contributed by atoms with Gasteiger partial charge in [0.1, 0.15) is 0 Å². The van der Waals surface area contributed by atoms with Gasteiger partial charge in [-0.25, -0.2) is 0 Å². The van der Waals surface area contributed by atoms with E-state index >= 15 is 0 Å². The molecule has 1 aromatic carbocycles. The number of aromatic nitrogens is 1. The van der Waals surface area contributed by atoms with Gasteiger partial charge in [0.25, 0.3) is 0 Å². The Morgan fingerprint density at radius 3 is 3.12 bits per heavy atom. The molecule has 4 heteroatoms. The quantitative estimate of drug-likeness (QED) is 0.908. The zero-order chi connectivity index (χ0) is 16.7. The average molecular weight is 325 g/mol. The predicted molar refractivity (Wildman–Crippen MR) is 97.2 cm³/mol. The fourth-order valence-corrected chi connectivity index (χ4v) is 4.80. The second-order valence-electron chi connectivity index (χ2n) is 7.56. The fraction of sp³-hybridized carbons (Fsp3) is 0.550. The van der Waals surface area contributed by atoms with Gasteiger partial charge in [0, 0.05) is 48.6 Å². The van der Waals surface area contributed by atoms with E-state index in [1.807, 2.05) is 0 Å². The first-order valence-corrected chi connectivity index (χ1v) is 9.23. The maximum atomic E-state index is 12.1. The number of hydrogen-bond acceptors (Lipinski definition) is 2. The van der Waals surface area contributed by atoms with Crippen molar-refractivity contribution >= 4 is 16.8 Å². The Kier molecular flexibility index (Phi) is 4.09. The van der Waals surface area contributed by atoms with E-state index in [0.29, 0.717) is 24.3 Å². The molecule has 24 heavy (non-hydrogen) atoms. The number of aromatic amines is 1. The van der Waals surface area contributed by atoms with Crippen molar-refractivity contribution in [1.82, 2.24) is 15.2 Å². The number of rotatable bonds is 4. The number of likely N-dealkylation sites (N-methyl/N-ethyl adjacent to an activating group) is 1. The Hall–Kier alpha value is -1.81. The van der Waals surface area contributed by atoms with Gasteiger partial charge in [-0.2, -0.15) is 0 Å². The molecule has 2 heterocycles. The van der Waals surface area contributed by atoms with E-state index in [0.717, 1.165) is 32.4 Å². The Bertz CT molecular complexity index is 750. The smallest absolute Gasteiger partial charge is 0.220 e. The van der Waals surface area contributed by atoms with Gasteiger partial charge in [-0.1, -0.05) is 19.1 Å². The van der Waals surface area contributed by atoms with Crippen LogP contribution in [0.25, 0.3) is 10.9 Å². The minimum atomic E-state index is 0.213. The normalized spacial score (nSPS) is 26.3. The van der Waals surface area contributed by atoms with Crippen molar-refractivity contribution in [3.63, 3.8) is 0 Å². The minimum absolute atomic E-state index is 0.213. The van der Waals surface area contributed by atoms with Gasteiger partial charge in [-0.15, -0.1) is 0 Å². The number of piperidine rings is 1. The zero-order valence-electron chi connectivity index (χ0n) is 14.6. The second-order valence-corrected chi connectivity index (χ2v) is 7.56. The standard InChI is InChI=1S/C20H27N3O/c1-3-7-21-19(24)9-13-8-16-15-5-4-6-17-20(15)14(11-22-17)10-18(16)23(2)12-13/h4-6,11,13,16,18,22H,3,7-10,12H2,1-2H3,(H,21,24)/t13?,16-,18-/m0/s1. The van der Waals surface area contributed by atoms with Crippen molar-refractivity contribution in [2.24, 2.45) is 5.92 Å². The first-order chi connectivity index (χ1) is 11.7. The third-order valence-corrected chi connectivity index (χ3v) is 5.86. The number of carbonyl (C=O) groups excluding carboxylic acids is 1. The lowest BCUT2D eigenvalue weighted by molar-refractivity contribution is -0.122. The van der Waals surface area contributed by atoms with E-state index in [-0.39, 0.29) is 5.91 Å². The molecule has 1 amide bonds. The van der Waals surface area contributed by atoms with Crippen molar-refractivity contribution in [3.05, 3.63) is 35.5 Å². The summed E-state index contributed by atoms with van der Waals surface area (Å²) in [6, 6.07) is 7.20. The molecule has 1 aliphatic heterocycles. The third-order valence-electron chi connectivity index (χ3n) is 5.86. The molecule has 4 nitrogen and oxygen atoms in total. The summed E-state index contributed by atoms with van der Waals surface area (Å²) in [4.78, 5) is 18.1. The molecule has 1 saturated heterocycles. The second kappa shape index (κ2) is 6.25. The van der Waals surface area contributed by atoms with Crippen LogP contribution in [-0.4, -0.2) is 42.0 Å². The van der Waals surface area contributed by atoms with E-state index in [2.05, 4.69) is 53.6 Å². The van der Waals surface area contributed by atoms with Crippen molar-refractivity contribution in [2.75, 3.05) is 20.1 Å². The van der Waals surface area contributed by atoms with Crippen LogP contribution in [0.1, 0.15) is 43.2 Å². The largest absolute Gasteiger partial charge is 0.361 e. The molecule has 3 atom stereocenters. The molecule has 0 radical (unpaired) electrons.